The molecule has 1 aliphatic heterocycles. The average molecular weight is 413 g/mol. The van der Waals surface area contributed by atoms with Crippen molar-refractivity contribution in [3.63, 3.8) is 0 Å². The second kappa shape index (κ2) is 9.24. The smallest absolute Gasteiger partial charge is 0.222 e. The van der Waals surface area contributed by atoms with Gasteiger partial charge in [0.05, 0.1) is 0 Å². The summed E-state index contributed by atoms with van der Waals surface area (Å²) in [5, 5.41) is 0.983. The predicted octanol–water partition coefficient (Wildman–Crippen LogP) is 4.44. The van der Waals surface area contributed by atoms with Gasteiger partial charge in [-0.2, -0.15) is 4.37 Å². The van der Waals surface area contributed by atoms with E-state index in [1.165, 1.54) is 48.3 Å². The molecule has 1 amide bonds. The lowest BCUT2D eigenvalue weighted by molar-refractivity contribution is -0.133. The monoisotopic (exact) mass is 412 g/mol. The van der Waals surface area contributed by atoms with Gasteiger partial charge in [0.1, 0.15) is 5.82 Å². The molecule has 0 N–H and O–H groups in total. The third-order valence-electron chi connectivity index (χ3n) is 6.40. The first-order chi connectivity index (χ1) is 14.1. The van der Waals surface area contributed by atoms with E-state index in [4.69, 9.17) is 4.98 Å². The van der Waals surface area contributed by atoms with Gasteiger partial charge in [0.2, 0.25) is 11.0 Å². The molecule has 0 bridgehead atoms. The summed E-state index contributed by atoms with van der Waals surface area (Å²) >= 11 is 1.48. The number of aromatic nitrogens is 2. The zero-order chi connectivity index (χ0) is 20.2. The zero-order valence-electron chi connectivity index (χ0n) is 17.6. The maximum absolute atomic E-state index is 12.7. The van der Waals surface area contributed by atoms with Gasteiger partial charge in [0.25, 0.3) is 0 Å². The summed E-state index contributed by atoms with van der Waals surface area (Å²) in [6.07, 6.45) is 7.89. The number of aryl methyl sites for hydroxylation is 1. The van der Waals surface area contributed by atoms with Crippen molar-refractivity contribution in [2.24, 2.45) is 5.92 Å². The molecule has 4 rings (SSSR count). The highest BCUT2D eigenvalue weighted by atomic mass is 32.1. The van der Waals surface area contributed by atoms with E-state index in [1.807, 2.05) is 0 Å². The van der Waals surface area contributed by atoms with Crippen LogP contribution in [0.25, 0.3) is 0 Å². The molecule has 2 aromatic rings. The predicted molar refractivity (Wildman–Crippen MR) is 118 cm³/mol. The molecule has 2 fully saturated rings. The summed E-state index contributed by atoms with van der Waals surface area (Å²) in [4.78, 5) is 21.9. The van der Waals surface area contributed by atoms with Gasteiger partial charge in [-0.15, -0.1) is 0 Å². The minimum Gasteiger partial charge on any atom is -0.343 e. The first-order valence-electron chi connectivity index (χ1n) is 11.0. The molecule has 156 valence electrons. The SMILES string of the molecule is Cc1ccc(Cc2nsc(N3CCN(C(=O)CCC4CCCC4)C(C)C3)n2)cc1. The van der Waals surface area contributed by atoms with E-state index >= 15 is 0 Å². The van der Waals surface area contributed by atoms with Gasteiger partial charge in [-0.3, -0.25) is 4.79 Å². The normalized spacial score (nSPS) is 20.4. The zero-order valence-corrected chi connectivity index (χ0v) is 18.5. The summed E-state index contributed by atoms with van der Waals surface area (Å²) in [6, 6.07) is 8.78. The second-order valence-electron chi connectivity index (χ2n) is 8.73. The standard InChI is InChI=1S/C23H32N4OS/c1-17-7-9-20(10-8-17)15-21-24-23(29-25-21)26-13-14-27(18(2)16-26)22(28)12-11-19-5-3-4-6-19/h7-10,18-19H,3-6,11-16H2,1-2H3. The Bertz CT molecular complexity index is 813. The van der Waals surface area contributed by atoms with E-state index in [2.05, 4.69) is 52.3 Å². The van der Waals surface area contributed by atoms with Crippen molar-refractivity contribution in [3.05, 3.63) is 41.2 Å². The summed E-state index contributed by atoms with van der Waals surface area (Å²) < 4.78 is 4.57. The molecule has 1 unspecified atom stereocenters. The summed E-state index contributed by atoms with van der Waals surface area (Å²) in [7, 11) is 0. The van der Waals surface area contributed by atoms with E-state index in [9.17, 15) is 4.79 Å². The van der Waals surface area contributed by atoms with Gasteiger partial charge in [-0.1, -0.05) is 55.5 Å². The Labute approximate surface area is 178 Å². The molecule has 1 atom stereocenters. The van der Waals surface area contributed by atoms with Crippen LogP contribution in [-0.4, -0.2) is 45.8 Å². The van der Waals surface area contributed by atoms with Crippen LogP contribution in [0.5, 0.6) is 0 Å². The number of hydrogen-bond donors (Lipinski definition) is 0. The molecule has 5 nitrogen and oxygen atoms in total. The van der Waals surface area contributed by atoms with E-state index in [-0.39, 0.29) is 6.04 Å². The number of piperazine rings is 1. The van der Waals surface area contributed by atoms with Gasteiger partial charge >= 0.3 is 0 Å². The molecule has 1 aromatic heterocycles. The molecule has 2 heterocycles. The van der Waals surface area contributed by atoms with Crippen molar-refractivity contribution in [1.29, 1.82) is 0 Å². The Kier molecular flexibility index (Phi) is 6.48. The Balaban J connectivity index is 1.29. The molecule has 29 heavy (non-hydrogen) atoms. The maximum atomic E-state index is 12.7. The Morgan fingerprint density at radius 2 is 1.93 bits per heavy atom. The molecule has 0 spiro atoms. The highest BCUT2D eigenvalue weighted by molar-refractivity contribution is 7.09. The van der Waals surface area contributed by atoms with Crippen LogP contribution in [-0.2, 0) is 11.2 Å². The van der Waals surface area contributed by atoms with Crippen LogP contribution in [0, 0.1) is 12.8 Å². The van der Waals surface area contributed by atoms with E-state index in [0.717, 1.165) is 49.3 Å². The number of benzene rings is 1. The molecule has 1 saturated heterocycles. The van der Waals surface area contributed by atoms with Crippen molar-refractivity contribution in [2.45, 2.75) is 64.8 Å². The average Bonchev–Trinajstić information content (AvgIpc) is 3.40. The number of rotatable bonds is 6. The molecule has 1 aliphatic carbocycles. The van der Waals surface area contributed by atoms with Gasteiger partial charge in [-0.05, 0) is 31.7 Å². The van der Waals surface area contributed by atoms with E-state index in [0.29, 0.717) is 12.3 Å². The van der Waals surface area contributed by atoms with Crippen LogP contribution in [0.15, 0.2) is 24.3 Å². The highest BCUT2D eigenvalue weighted by Crippen LogP contribution is 2.29. The fourth-order valence-electron chi connectivity index (χ4n) is 4.61. The Morgan fingerprint density at radius 3 is 2.66 bits per heavy atom. The second-order valence-corrected chi connectivity index (χ2v) is 9.46. The highest BCUT2D eigenvalue weighted by Gasteiger charge is 2.29. The lowest BCUT2D eigenvalue weighted by atomic mass is 10.0. The third kappa shape index (κ3) is 5.16. The van der Waals surface area contributed by atoms with Crippen molar-refractivity contribution >= 4 is 22.6 Å². The summed E-state index contributed by atoms with van der Waals surface area (Å²) in [5.74, 6) is 2.00. The van der Waals surface area contributed by atoms with Gasteiger partial charge in [0, 0.05) is 50.1 Å². The molecule has 0 radical (unpaired) electrons. The van der Waals surface area contributed by atoms with Crippen molar-refractivity contribution < 1.29 is 4.79 Å². The number of nitrogens with zero attached hydrogens (tertiary/aromatic N) is 4. The lowest BCUT2D eigenvalue weighted by Gasteiger charge is -2.39. The third-order valence-corrected chi connectivity index (χ3v) is 7.21. The van der Waals surface area contributed by atoms with Gasteiger partial charge < -0.3 is 9.80 Å². The fourth-order valence-corrected chi connectivity index (χ4v) is 5.33. The molecular formula is C23H32N4OS. The van der Waals surface area contributed by atoms with Crippen LogP contribution >= 0.6 is 11.5 Å². The van der Waals surface area contributed by atoms with Crippen LogP contribution in [0.1, 0.15) is 62.4 Å². The molecule has 1 aromatic carbocycles. The van der Waals surface area contributed by atoms with Gasteiger partial charge in [0.15, 0.2) is 0 Å². The Hall–Kier alpha value is -1.95. The number of anilines is 1. The summed E-state index contributed by atoms with van der Waals surface area (Å²) in [5.41, 5.74) is 2.51. The van der Waals surface area contributed by atoms with Crippen LogP contribution in [0.3, 0.4) is 0 Å². The summed E-state index contributed by atoms with van der Waals surface area (Å²) in [6.45, 7) is 6.74. The van der Waals surface area contributed by atoms with Gasteiger partial charge in [-0.25, -0.2) is 4.98 Å². The van der Waals surface area contributed by atoms with Crippen molar-refractivity contribution in [3.8, 4) is 0 Å². The minimum absolute atomic E-state index is 0.226. The number of hydrogen-bond acceptors (Lipinski definition) is 5. The molecule has 2 aliphatic rings. The molecular weight excluding hydrogens is 380 g/mol. The lowest BCUT2D eigenvalue weighted by Crippen LogP contribution is -2.54. The number of carbonyl (C=O) groups excluding carboxylic acids is 1. The first-order valence-corrected chi connectivity index (χ1v) is 11.8. The number of carbonyl (C=O) groups is 1. The molecule has 1 saturated carbocycles. The van der Waals surface area contributed by atoms with Crippen molar-refractivity contribution in [2.75, 3.05) is 24.5 Å². The Morgan fingerprint density at radius 1 is 1.17 bits per heavy atom. The topological polar surface area (TPSA) is 49.3 Å². The van der Waals surface area contributed by atoms with Crippen LogP contribution < -0.4 is 4.90 Å². The van der Waals surface area contributed by atoms with Crippen molar-refractivity contribution in [1.82, 2.24) is 14.3 Å². The largest absolute Gasteiger partial charge is 0.343 e. The van der Waals surface area contributed by atoms with E-state index < -0.39 is 0 Å². The first kappa shape index (κ1) is 20.3. The van der Waals surface area contributed by atoms with E-state index in [1.54, 1.807) is 0 Å². The fraction of sp³-hybridized carbons (Fsp3) is 0.609. The quantitative estimate of drug-likeness (QED) is 0.704. The molecule has 6 heteroatoms. The van der Waals surface area contributed by atoms with Crippen LogP contribution in [0.4, 0.5) is 5.13 Å². The number of amides is 1. The van der Waals surface area contributed by atoms with Crippen LogP contribution in [0.2, 0.25) is 0 Å². The minimum atomic E-state index is 0.226. The maximum Gasteiger partial charge on any atom is 0.222 e.